The van der Waals surface area contributed by atoms with E-state index in [1.807, 2.05) is 6.07 Å². The molecule has 0 bridgehead atoms. The second kappa shape index (κ2) is 11.0. The van der Waals surface area contributed by atoms with Gasteiger partial charge in [-0.2, -0.15) is 6.42 Å². The SMILES string of the molecule is CC(C)(O)C(C)(C)O.N[CH-]CCCc1ccccc1.[Tb]. The molecular weight excluding hydrogens is 397 g/mol. The average molecular weight is 425 g/mol. The predicted octanol–water partition coefficient (Wildman–Crippen LogP) is 2.66. The van der Waals surface area contributed by atoms with Crippen LogP contribution in [0.25, 0.3) is 0 Å². The van der Waals surface area contributed by atoms with E-state index in [1.54, 1.807) is 34.2 Å². The predicted molar refractivity (Wildman–Crippen MR) is 80.5 cm³/mol. The van der Waals surface area contributed by atoms with Crippen LogP contribution in [0.15, 0.2) is 30.3 Å². The van der Waals surface area contributed by atoms with E-state index in [-0.39, 0.29) is 38.6 Å². The molecule has 0 aliphatic carbocycles. The van der Waals surface area contributed by atoms with Crippen LogP contribution >= 0.6 is 0 Å². The van der Waals surface area contributed by atoms with E-state index in [1.165, 1.54) is 5.56 Å². The van der Waals surface area contributed by atoms with Gasteiger partial charge in [0, 0.05) is 38.6 Å². The fraction of sp³-hybridized carbons (Fsp3) is 0.562. The molecule has 0 aliphatic rings. The number of aliphatic hydroxyl groups is 2. The molecule has 0 saturated carbocycles. The van der Waals surface area contributed by atoms with Crippen molar-refractivity contribution in [1.29, 1.82) is 0 Å². The van der Waals surface area contributed by atoms with Crippen molar-refractivity contribution in [3.63, 3.8) is 0 Å². The second-order valence-corrected chi connectivity index (χ2v) is 5.73. The summed E-state index contributed by atoms with van der Waals surface area (Å²) < 4.78 is 0. The third kappa shape index (κ3) is 11.1. The standard InChI is InChI=1S/C10H14N.C6H14O2.Tb/c11-9-5-4-8-10-6-2-1-3-7-10;1-5(2,7)6(3,4)8;/h1-3,6-7,9H,4-5,8,11H2;7-8H,1-4H3;/q-1;;. The maximum Gasteiger partial charge on any atom is 0.0872 e. The summed E-state index contributed by atoms with van der Waals surface area (Å²) in [5.41, 5.74) is 4.65. The zero-order chi connectivity index (χ0) is 14.9. The molecule has 0 saturated heterocycles. The number of benzene rings is 1. The molecule has 119 valence electrons. The molecule has 0 fully saturated rings. The molecule has 4 N–H and O–H groups in total. The average Bonchev–Trinajstić information content (AvgIpc) is 2.29. The molecule has 0 heterocycles. The van der Waals surface area contributed by atoms with Crippen molar-refractivity contribution in [2.24, 2.45) is 5.73 Å². The fourth-order valence-corrected chi connectivity index (χ4v) is 1.07. The first kappa shape index (κ1) is 22.7. The van der Waals surface area contributed by atoms with E-state index < -0.39 is 11.2 Å². The molecule has 3 nitrogen and oxygen atoms in total. The van der Waals surface area contributed by atoms with E-state index >= 15 is 0 Å². The maximum absolute atomic E-state index is 9.10. The van der Waals surface area contributed by atoms with Gasteiger partial charge < -0.3 is 15.9 Å². The molecule has 0 atom stereocenters. The number of rotatable bonds is 5. The Morgan fingerprint density at radius 1 is 1.00 bits per heavy atom. The van der Waals surface area contributed by atoms with E-state index in [0.29, 0.717) is 0 Å². The first-order chi connectivity index (χ1) is 8.68. The summed E-state index contributed by atoms with van der Waals surface area (Å²) in [5, 5.41) is 18.2. The van der Waals surface area contributed by atoms with Crippen LogP contribution in [0.3, 0.4) is 0 Å². The van der Waals surface area contributed by atoms with Gasteiger partial charge in [-0.15, -0.1) is 0 Å². The Morgan fingerprint density at radius 2 is 1.45 bits per heavy atom. The topological polar surface area (TPSA) is 66.5 Å². The molecule has 4 heteroatoms. The van der Waals surface area contributed by atoms with Crippen molar-refractivity contribution in [3.8, 4) is 0 Å². The molecule has 1 radical (unpaired) electrons. The summed E-state index contributed by atoms with van der Waals surface area (Å²) in [4.78, 5) is 0. The minimum Gasteiger partial charge on any atom is -0.483 e. The van der Waals surface area contributed by atoms with Gasteiger partial charge in [0.1, 0.15) is 0 Å². The molecule has 0 aliphatic heterocycles. The minimum absolute atomic E-state index is 0. The molecule has 1 aromatic rings. The van der Waals surface area contributed by atoms with Crippen LogP contribution < -0.4 is 5.73 Å². The Morgan fingerprint density at radius 3 is 1.80 bits per heavy atom. The Bertz CT molecular complexity index is 317. The molecule has 0 aromatic heterocycles. The summed E-state index contributed by atoms with van der Waals surface area (Å²) in [6.45, 7) is 8.03. The van der Waals surface area contributed by atoms with Crippen molar-refractivity contribution < 1.29 is 48.8 Å². The Labute approximate surface area is 154 Å². The minimum atomic E-state index is -1.01. The van der Waals surface area contributed by atoms with E-state index in [2.05, 4.69) is 24.3 Å². The van der Waals surface area contributed by atoms with Crippen molar-refractivity contribution in [2.75, 3.05) is 0 Å². The van der Waals surface area contributed by atoms with Crippen molar-refractivity contribution in [2.45, 2.75) is 58.2 Å². The van der Waals surface area contributed by atoms with E-state index in [9.17, 15) is 0 Å². The third-order valence-corrected chi connectivity index (χ3v) is 3.18. The van der Waals surface area contributed by atoms with Gasteiger partial charge in [-0.05, 0) is 39.7 Å². The number of nitrogens with two attached hydrogens (primary N) is 1. The number of hydrogen-bond donors (Lipinski definition) is 3. The van der Waals surface area contributed by atoms with Gasteiger partial charge in [0.2, 0.25) is 0 Å². The van der Waals surface area contributed by atoms with E-state index in [4.69, 9.17) is 15.9 Å². The monoisotopic (exact) mass is 425 g/mol. The van der Waals surface area contributed by atoms with Gasteiger partial charge in [0.05, 0.1) is 11.2 Å². The zero-order valence-corrected chi connectivity index (χ0v) is 15.0. The van der Waals surface area contributed by atoms with Crippen LogP contribution in [0.2, 0.25) is 0 Å². The van der Waals surface area contributed by atoms with Crippen molar-refractivity contribution >= 4 is 0 Å². The Hall–Kier alpha value is 0.386. The smallest absolute Gasteiger partial charge is 0.0872 e. The number of unbranched alkanes of at least 4 members (excludes halogenated alkanes) is 1. The van der Waals surface area contributed by atoms with Crippen molar-refractivity contribution in [3.05, 3.63) is 42.4 Å². The van der Waals surface area contributed by atoms with Crippen LogP contribution in [-0.2, 0) is 6.42 Å². The number of hydrogen-bond acceptors (Lipinski definition) is 3. The summed E-state index contributed by atoms with van der Waals surface area (Å²) in [5.74, 6) is 0. The van der Waals surface area contributed by atoms with Crippen LogP contribution in [0, 0.1) is 45.2 Å². The molecule has 20 heavy (non-hydrogen) atoms. The first-order valence-electron chi connectivity index (χ1n) is 6.70. The molecule has 1 rings (SSSR count). The van der Waals surface area contributed by atoms with Gasteiger partial charge in [-0.3, -0.25) is 6.54 Å². The largest absolute Gasteiger partial charge is 0.483 e. The van der Waals surface area contributed by atoms with E-state index in [0.717, 1.165) is 19.3 Å². The normalized spacial score (nSPS) is 11.2. The summed E-state index contributed by atoms with van der Waals surface area (Å²) >= 11 is 0. The maximum atomic E-state index is 9.10. The van der Waals surface area contributed by atoms with Gasteiger partial charge in [-0.25, -0.2) is 0 Å². The van der Waals surface area contributed by atoms with Crippen LogP contribution in [0.1, 0.15) is 46.1 Å². The Balaban J connectivity index is 0. The second-order valence-electron chi connectivity index (χ2n) is 5.73. The van der Waals surface area contributed by atoms with Gasteiger partial charge >= 0.3 is 0 Å². The van der Waals surface area contributed by atoms with Crippen LogP contribution in [0.5, 0.6) is 0 Å². The molecule has 0 amide bonds. The summed E-state index contributed by atoms with van der Waals surface area (Å²) in [7, 11) is 0. The number of aryl methyl sites for hydroxylation is 1. The summed E-state index contributed by atoms with van der Waals surface area (Å²) in [6, 6.07) is 10.5. The molecule has 0 unspecified atom stereocenters. The zero-order valence-electron chi connectivity index (χ0n) is 12.9. The van der Waals surface area contributed by atoms with Gasteiger partial charge in [0.25, 0.3) is 0 Å². The third-order valence-electron chi connectivity index (χ3n) is 3.18. The summed E-state index contributed by atoms with van der Waals surface area (Å²) in [6.07, 6.45) is 3.30. The van der Waals surface area contributed by atoms with Crippen LogP contribution in [0.4, 0.5) is 0 Å². The van der Waals surface area contributed by atoms with Crippen molar-refractivity contribution in [1.82, 2.24) is 0 Å². The first-order valence-corrected chi connectivity index (χ1v) is 6.70. The van der Waals surface area contributed by atoms with Crippen LogP contribution in [-0.4, -0.2) is 21.4 Å². The Kier molecular flexibility index (Phi) is 12.5. The van der Waals surface area contributed by atoms with Gasteiger partial charge in [-0.1, -0.05) is 36.8 Å². The molecule has 1 aromatic carbocycles. The van der Waals surface area contributed by atoms with Gasteiger partial charge in [0.15, 0.2) is 0 Å². The molecule has 0 spiro atoms. The quantitative estimate of drug-likeness (QED) is 0.502. The fourth-order valence-electron chi connectivity index (χ4n) is 1.07. The molecular formula is C16H28NO2Tb-.